The number of sulfonamides is 1. The van der Waals surface area contributed by atoms with Crippen LogP contribution in [0.4, 0.5) is 0 Å². The highest BCUT2D eigenvalue weighted by atomic mass is 32.2. The summed E-state index contributed by atoms with van der Waals surface area (Å²) < 4.78 is 25.9. The zero-order chi connectivity index (χ0) is 13.2. The van der Waals surface area contributed by atoms with E-state index in [1.165, 1.54) is 0 Å². The van der Waals surface area contributed by atoms with Gasteiger partial charge in [0.05, 0.1) is 17.4 Å². The normalized spacial score (nSPS) is 20.8. The van der Waals surface area contributed by atoms with Gasteiger partial charge in [-0.25, -0.2) is 12.7 Å². The lowest BCUT2D eigenvalue weighted by Gasteiger charge is -2.16. The molecule has 0 spiro atoms. The summed E-state index contributed by atoms with van der Waals surface area (Å²) in [6.07, 6.45) is 0.928. The van der Waals surface area contributed by atoms with Crippen LogP contribution in [0, 0.1) is 17.2 Å². The van der Waals surface area contributed by atoms with Crippen molar-refractivity contribution in [2.24, 2.45) is 5.92 Å². The molecule has 0 saturated carbocycles. The summed E-state index contributed by atoms with van der Waals surface area (Å²) in [6.45, 7) is 3.29. The molecule has 1 aromatic rings. The fourth-order valence-corrected chi connectivity index (χ4v) is 3.83. The summed E-state index contributed by atoms with van der Waals surface area (Å²) >= 11 is 0. The Bertz CT molecular complexity index is 575. The summed E-state index contributed by atoms with van der Waals surface area (Å²) in [5.74, 6) is 0.417. The first-order chi connectivity index (χ1) is 8.51. The van der Waals surface area contributed by atoms with Crippen LogP contribution in [0.15, 0.2) is 24.3 Å². The molecule has 0 bridgehead atoms. The van der Waals surface area contributed by atoms with Crippen LogP contribution in [0.1, 0.15) is 24.5 Å². The Labute approximate surface area is 108 Å². The second kappa shape index (κ2) is 5.09. The predicted molar refractivity (Wildman–Crippen MR) is 69.1 cm³/mol. The Hall–Kier alpha value is -1.38. The van der Waals surface area contributed by atoms with Gasteiger partial charge in [0, 0.05) is 13.1 Å². The quantitative estimate of drug-likeness (QED) is 0.835. The zero-order valence-corrected chi connectivity index (χ0v) is 11.2. The molecular weight excluding hydrogens is 248 g/mol. The highest BCUT2D eigenvalue weighted by Crippen LogP contribution is 2.21. The van der Waals surface area contributed by atoms with Gasteiger partial charge in [0.2, 0.25) is 10.0 Å². The molecule has 1 aliphatic rings. The number of nitrogens with zero attached hydrogens (tertiary/aromatic N) is 2. The van der Waals surface area contributed by atoms with E-state index >= 15 is 0 Å². The van der Waals surface area contributed by atoms with Gasteiger partial charge in [0.1, 0.15) is 0 Å². The van der Waals surface area contributed by atoms with E-state index in [4.69, 9.17) is 5.26 Å². The standard InChI is InChI=1S/C13H16N2O2S/c1-11-5-6-15(9-11)18(16,17)10-13-4-2-3-12(7-13)8-14/h2-4,7,11H,5-6,9-10H2,1H3/t11-/m1/s1. The molecule has 1 fully saturated rings. The summed E-state index contributed by atoms with van der Waals surface area (Å²) in [6, 6.07) is 8.80. The lowest BCUT2D eigenvalue weighted by molar-refractivity contribution is 0.463. The molecule has 0 radical (unpaired) electrons. The third-order valence-electron chi connectivity index (χ3n) is 3.19. The van der Waals surface area contributed by atoms with Crippen molar-refractivity contribution in [1.29, 1.82) is 5.26 Å². The van der Waals surface area contributed by atoms with Crippen molar-refractivity contribution in [3.05, 3.63) is 35.4 Å². The largest absolute Gasteiger partial charge is 0.218 e. The van der Waals surface area contributed by atoms with Crippen LogP contribution in [0.2, 0.25) is 0 Å². The van der Waals surface area contributed by atoms with Crippen molar-refractivity contribution in [1.82, 2.24) is 4.31 Å². The molecule has 0 aliphatic carbocycles. The maximum absolute atomic E-state index is 12.2. The van der Waals surface area contributed by atoms with E-state index in [1.807, 2.05) is 6.07 Å². The molecule has 0 unspecified atom stereocenters. The Morgan fingerprint density at radius 1 is 1.50 bits per heavy atom. The molecule has 18 heavy (non-hydrogen) atoms. The van der Waals surface area contributed by atoms with Crippen molar-refractivity contribution < 1.29 is 8.42 Å². The molecule has 1 atom stereocenters. The van der Waals surface area contributed by atoms with Crippen molar-refractivity contribution >= 4 is 10.0 Å². The average molecular weight is 264 g/mol. The molecule has 0 aromatic heterocycles. The summed E-state index contributed by atoms with van der Waals surface area (Å²) in [5, 5.41) is 8.80. The fraction of sp³-hybridized carbons (Fsp3) is 0.462. The first-order valence-electron chi connectivity index (χ1n) is 5.98. The molecule has 1 aliphatic heterocycles. The maximum atomic E-state index is 12.2. The molecule has 0 amide bonds. The Kier molecular flexibility index (Phi) is 3.69. The van der Waals surface area contributed by atoms with Crippen LogP contribution in [0.3, 0.4) is 0 Å². The summed E-state index contributed by atoms with van der Waals surface area (Å²) in [5.41, 5.74) is 1.17. The third kappa shape index (κ3) is 2.89. The van der Waals surface area contributed by atoms with Crippen molar-refractivity contribution in [2.75, 3.05) is 13.1 Å². The average Bonchev–Trinajstić information content (AvgIpc) is 2.76. The lowest BCUT2D eigenvalue weighted by atomic mass is 10.2. The molecule has 0 N–H and O–H groups in total. The molecule has 2 rings (SSSR count). The second-order valence-electron chi connectivity index (χ2n) is 4.82. The van der Waals surface area contributed by atoms with E-state index in [0.29, 0.717) is 30.1 Å². The Morgan fingerprint density at radius 3 is 2.89 bits per heavy atom. The number of benzene rings is 1. The zero-order valence-electron chi connectivity index (χ0n) is 10.3. The molecule has 96 valence electrons. The van der Waals surface area contributed by atoms with E-state index < -0.39 is 10.0 Å². The lowest BCUT2D eigenvalue weighted by Crippen LogP contribution is -2.29. The van der Waals surface area contributed by atoms with Gasteiger partial charge in [-0.3, -0.25) is 0 Å². The fourth-order valence-electron chi connectivity index (χ4n) is 2.18. The number of hydrogen-bond donors (Lipinski definition) is 0. The van der Waals surface area contributed by atoms with E-state index in [9.17, 15) is 8.42 Å². The van der Waals surface area contributed by atoms with E-state index in [2.05, 4.69) is 6.92 Å². The minimum absolute atomic E-state index is 0.0186. The summed E-state index contributed by atoms with van der Waals surface area (Å²) in [7, 11) is -3.25. The van der Waals surface area contributed by atoms with Crippen LogP contribution in [-0.4, -0.2) is 25.8 Å². The van der Waals surface area contributed by atoms with Gasteiger partial charge in [-0.1, -0.05) is 19.1 Å². The minimum atomic E-state index is -3.25. The number of hydrogen-bond acceptors (Lipinski definition) is 3. The van der Waals surface area contributed by atoms with Gasteiger partial charge in [-0.15, -0.1) is 0 Å². The van der Waals surface area contributed by atoms with Crippen LogP contribution in [0.5, 0.6) is 0 Å². The smallest absolute Gasteiger partial charge is 0.212 e. The van der Waals surface area contributed by atoms with Gasteiger partial charge < -0.3 is 0 Å². The third-order valence-corrected chi connectivity index (χ3v) is 5.00. The highest BCUT2D eigenvalue weighted by Gasteiger charge is 2.29. The van der Waals surface area contributed by atoms with E-state index in [1.54, 1.807) is 28.6 Å². The maximum Gasteiger partial charge on any atom is 0.218 e. The first kappa shape index (κ1) is 13.1. The molecular formula is C13H16N2O2S. The number of nitriles is 1. The molecule has 1 heterocycles. The van der Waals surface area contributed by atoms with Crippen LogP contribution in [-0.2, 0) is 15.8 Å². The van der Waals surface area contributed by atoms with Crippen LogP contribution < -0.4 is 0 Å². The monoisotopic (exact) mass is 264 g/mol. The van der Waals surface area contributed by atoms with Crippen molar-refractivity contribution in [3.8, 4) is 6.07 Å². The van der Waals surface area contributed by atoms with E-state index in [-0.39, 0.29) is 5.75 Å². The molecule has 5 heteroatoms. The van der Waals surface area contributed by atoms with Crippen LogP contribution in [0.25, 0.3) is 0 Å². The van der Waals surface area contributed by atoms with Gasteiger partial charge in [-0.2, -0.15) is 5.26 Å². The molecule has 1 aromatic carbocycles. The van der Waals surface area contributed by atoms with Gasteiger partial charge in [0.15, 0.2) is 0 Å². The predicted octanol–water partition coefficient (Wildman–Crippen LogP) is 1.73. The van der Waals surface area contributed by atoms with Gasteiger partial charge in [0.25, 0.3) is 0 Å². The van der Waals surface area contributed by atoms with Gasteiger partial charge in [-0.05, 0) is 30.0 Å². The van der Waals surface area contributed by atoms with Crippen molar-refractivity contribution in [2.45, 2.75) is 19.1 Å². The number of rotatable bonds is 3. The second-order valence-corrected chi connectivity index (χ2v) is 6.79. The molecule has 4 nitrogen and oxygen atoms in total. The summed E-state index contributed by atoms with van der Waals surface area (Å²) in [4.78, 5) is 0. The van der Waals surface area contributed by atoms with Crippen LogP contribution >= 0.6 is 0 Å². The molecule has 1 saturated heterocycles. The minimum Gasteiger partial charge on any atom is -0.212 e. The topological polar surface area (TPSA) is 61.2 Å². The SMILES string of the molecule is C[C@@H]1CCN(S(=O)(=O)Cc2cccc(C#N)c2)C1. The Balaban J connectivity index is 2.15. The Morgan fingerprint density at radius 2 is 2.28 bits per heavy atom. The van der Waals surface area contributed by atoms with E-state index in [0.717, 1.165) is 6.42 Å². The van der Waals surface area contributed by atoms with Gasteiger partial charge >= 0.3 is 0 Å². The van der Waals surface area contributed by atoms with Crippen molar-refractivity contribution in [3.63, 3.8) is 0 Å². The highest BCUT2D eigenvalue weighted by molar-refractivity contribution is 7.88. The first-order valence-corrected chi connectivity index (χ1v) is 7.59.